The van der Waals surface area contributed by atoms with E-state index in [0.29, 0.717) is 5.56 Å². The van der Waals surface area contributed by atoms with Gasteiger partial charge in [0.2, 0.25) is 0 Å². The molecule has 0 heterocycles. The molecule has 1 unspecified atom stereocenters. The second-order valence-corrected chi connectivity index (χ2v) is 6.71. The molecule has 1 atom stereocenters. The number of aryl methyl sites for hydroxylation is 1. The molecule has 0 aliphatic carbocycles. The number of nitrogens with one attached hydrogen (secondary N) is 2. The van der Waals surface area contributed by atoms with Crippen LogP contribution in [-0.2, 0) is 6.42 Å². The van der Waals surface area contributed by atoms with E-state index in [4.69, 9.17) is 0 Å². The number of rotatable bonds is 7. The first-order chi connectivity index (χ1) is 9.88. The fourth-order valence-electron chi connectivity index (χ4n) is 2.25. The van der Waals surface area contributed by atoms with Crippen LogP contribution < -0.4 is 10.9 Å². The molecule has 1 aromatic rings. The Kier molecular flexibility index (Phi) is 6.90. The van der Waals surface area contributed by atoms with E-state index in [2.05, 4.69) is 45.5 Å². The van der Waals surface area contributed by atoms with Gasteiger partial charge in [0.25, 0.3) is 5.91 Å². The van der Waals surface area contributed by atoms with Gasteiger partial charge in [-0.2, -0.15) is 0 Å². The molecule has 0 aliphatic rings. The zero-order valence-corrected chi connectivity index (χ0v) is 14.1. The Bertz CT molecular complexity index is 441. The molecule has 3 nitrogen and oxygen atoms in total. The minimum atomic E-state index is -0.0663. The molecule has 0 fully saturated rings. The number of carbonyl (C=O) groups excluding carboxylic acids is 1. The predicted molar refractivity (Wildman–Crippen MR) is 93.4 cm³/mol. The number of hydrazine groups is 1. The Hall–Kier alpha value is -1.35. The molecule has 1 rings (SSSR count). The van der Waals surface area contributed by atoms with E-state index in [1.807, 2.05) is 24.3 Å². The third-order valence-electron chi connectivity index (χ3n) is 3.88. The number of hydrogen-bond acceptors (Lipinski definition) is 2. The third kappa shape index (κ3) is 5.88. The van der Waals surface area contributed by atoms with Gasteiger partial charge in [0, 0.05) is 14.5 Å². The van der Waals surface area contributed by atoms with Gasteiger partial charge >= 0.3 is 0 Å². The van der Waals surface area contributed by atoms with Crippen molar-refractivity contribution in [2.75, 3.05) is 0 Å². The standard InChI is InChI=1S/C18H30N2O.2H2/c1-6-8-9-16(18(3,4)5)19-20-17(21)15-12-10-14(7-2)11-13-15;;/h10-13,16,19H,6-9H2,1-5H3,(H,20,21);2*1H. The summed E-state index contributed by atoms with van der Waals surface area (Å²) in [5, 5.41) is 0. The summed E-state index contributed by atoms with van der Waals surface area (Å²) in [4.78, 5) is 12.2. The highest BCUT2D eigenvalue weighted by Gasteiger charge is 2.24. The molecule has 3 heteroatoms. The maximum Gasteiger partial charge on any atom is 0.265 e. The first-order valence-electron chi connectivity index (χ1n) is 8.03. The van der Waals surface area contributed by atoms with Crippen molar-refractivity contribution in [3.05, 3.63) is 35.4 Å². The van der Waals surface area contributed by atoms with Crippen LogP contribution in [0.25, 0.3) is 0 Å². The summed E-state index contributed by atoms with van der Waals surface area (Å²) in [7, 11) is 0. The fraction of sp³-hybridized carbons (Fsp3) is 0.611. The zero-order chi connectivity index (χ0) is 15.9. The van der Waals surface area contributed by atoms with Gasteiger partial charge < -0.3 is 0 Å². The van der Waals surface area contributed by atoms with E-state index in [-0.39, 0.29) is 20.2 Å². The Morgan fingerprint density at radius 2 is 1.81 bits per heavy atom. The van der Waals surface area contributed by atoms with Crippen LogP contribution in [0.1, 0.15) is 72.7 Å². The molecular formula is C18H34N2O. The molecule has 0 saturated carbocycles. The van der Waals surface area contributed by atoms with Crippen LogP contribution in [0.5, 0.6) is 0 Å². The molecule has 0 aliphatic heterocycles. The normalized spacial score (nSPS) is 13.0. The van der Waals surface area contributed by atoms with Gasteiger partial charge in [-0.3, -0.25) is 10.2 Å². The van der Waals surface area contributed by atoms with Gasteiger partial charge in [-0.15, -0.1) is 0 Å². The van der Waals surface area contributed by atoms with Crippen LogP contribution in [0.15, 0.2) is 24.3 Å². The van der Waals surface area contributed by atoms with Crippen molar-refractivity contribution < 1.29 is 7.65 Å². The molecule has 1 aromatic carbocycles. The summed E-state index contributed by atoms with van der Waals surface area (Å²) in [5.74, 6) is -0.0663. The lowest BCUT2D eigenvalue weighted by Crippen LogP contribution is -2.50. The minimum absolute atomic E-state index is 0. The number of hydrogen-bond donors (Lipinski definition) is 2. The first-order valence-corrected chi connectivity index (χ1v) is 8.03. The Labute approximate surface area is 132 Å². The summed E-state index contributed by atoms with van der Waals surface area (Å²) in [6.45, 7) is 10.9. The van der Waals surface area contributed by atoms with Gasteiger partial charge in [0.15, 0.2) is 0 Å². The molecule has 0 aromatic heterocycles. The molecule has 1 amide bonds. The van der Waals surface area contributed by atoms with Crippen LogP contribution in [0.2, 0.25) is 0 Å². The van der Waals surface area contributed by atoms with Crippen molar-refractivity contribution in [3.63, 3.8) is 0 Å². The van der Waals surface area contributed by atoms with E-state index < -0.39 is 0 Å². The highest BCUT2D eigenvalue weighted by atomic mass is 16.2. The molecule has 0 radical (unpaired) electrons. The fourth-order valence-corrected chi connectivity index (χ4v) is 2.25. The van der Waals surface area contributed by atoms with Crippen LogP contribution in [0.4, 0.5) is 0 Å². The quantitative estimate of drug-likeness (QED) is 0.723. The van der Waals surface area contributed by atoms with Crippen molar-refractivity contribution in [1.29, 1.82) is 0 Å². The van der Waals surface area contributed by atoms with E-state index in [9.17, 15) is 4.79 Å². The van der Waals surface area contributed by atoms with Crippen molar-refractivity contribution >= 4 is 5.91 Å². The number of unbranched alkanes of at least 4 members (excludes halogenated alkanes) is 1. The average Bonchev–Trinajstić information content (AvgIpc) is 2.45. The van der Waals surface area contributed by atoms with Gasteiger partial charge in [0.1, 0.15) is 0 Å². The molecule has 2 N–H and O–H groups in total. The first kappa shape index (κ1) is 17.7. The molecule has 0 spiro atoms. The SMILES string of the molecule is CCCCC(NNC(=O)c1ccc(CC)cc1)C(C)(C)C.[HH].[HH]. The molecular weight excluding hydrogens is 260 g/mol. The summed E-state index contributed by atoms with van der Waals surface area (Å²) in [6, 6.07) is 8.05. The summed E-state index contributed by atoms with van der Waals surface area (Å²) < 4.78 is 0. The van der Waals surface area contributed by atoms with Gasteiger partial charge in [0.05, 0.1) is 0 Å². The summed E-state index contributed by atoms with van der Waals surface area (Å²) in [5.41, 5.74) is 8.15. The number of benzene rings is 1. The van der Waals surface area contributed by atoms with E-state index in [0.717, 1.165) is 19.3 Å². The maximum atomic E-state index is 12.2. The van der Waals surface area contributed by atoms with Crippen molar-refractivity contribution in [3.8, 4) is 0 Å². The van der Waals surface area contributed by atoms with E-state index in [1.165, 1.54) is 12.0 Å². The van der Waals surface area contributed by atoms with E-state index >= 15 is 0 Å². The van der Waals surface area contributed by atoms with Gasteiger partial charge in [-0.25, -0.2) is 5.43 Å². The number of amides is 1. The maximum absolute atomic E-state index is 12.2. The lowest BCUT2D eigenvalue weighted by molar-refractivity contribution is 0.0904. The Morgan fingerprint density at radius 3 is 2.29 bits per heavy atom. The minimum Gasteiger partial charge on any atom is -0.287 e. The van der Waals surface area contributed by atoms with E-state index in [1.54, 1.807) is 0 Å². The van der Waals surface area contributed by atoms with Gasteiger partial charge in [-0.05, 0) is 36.0 Å². The second-order valence-electron chi connectivity index (χ2n) is 6.71. The lowest BCUT2D eigenvalue weighted by Gasteiger charge is -2.31. The smallest absolute Gasteiger partial charge is 0.265 e. The van der Waals surface area contributed by atoms with Crippen molar-refractivity contribution in [2.24, 2.45) is 5.41 Å². The molecule has 0 bridgehead atoms. The molecule has 122 valence electrons. The highest BCUT2D eigenvalue weighted by molar-refractivity contribution is 5.93. The Balaban J connectivity index is 0. The van der Waals surface area contributed by atoms with Gasteiger partial charge in [-0.1, -0.05) is 59.6 Å². The summed E-state index contributed by atoms with van der Waals surface area (Å²) >= 11 is 0. The molecule has 0 saturated heterocycles. The number of carbonyl (C=O) groups is 1. The van der Waals surface area contributed by atoms with Crippen LogP contribution >= 0.6 is 0 Å². The molecule has 21 heavy (non-hydrogen) atoms. The van der Waals surface area contributed by atoms with Crippen LogP contribution in [-0.4, -0.2) is 11.9 Å². The topological polar surface area (TPSA) is 41.1 Å². The zero-order valence-electron chi connectivity index (χ0n) is 14.1. The average molecular weight is 294 g/mol. The monoisotopic (exact) mass is 294 g/mol. The van der Waals surface area contributed by atoms with Crippen molar-refractivity contribution in [2.45, 2.75) is 66.3 Å². The lowest BCUT2D eigenvalue weighted by atomic mass is 9.84. The van der Waals surface area contributed by atoms with Crippen LogP contribution in [0, 0.1) is 5.41 Å². The third-order valence-corrected chi connectivity index (χ3v) is 3.88. The summed E-state index contributed by atoms with van der Waals surface area (Å²) in [6.07, 6.45) is 4.38. The Morgan fingerprint density at radius 1 is 1.19 bits per heavy atom. The van der Waals surface area contributed by atoms with Crippen molar-refractivity contribution in [1.82, 2.24) is 10.9 Å². The largest absolute Gasteiger partial charge is 0.287 e. The van der Waals surface area contributed by atoms with Crippen LogP contribution in [0.3, 0.4) is 0 Å². The predicted octanol–water partition coefficient (Wildman–Crippen LogP) is 4.58. The highest BCUT2D eigenvalue weighted by Crippen LogP contribution is 2.23. The second kappa shape index (κ2) is 8.18.